The Morgan fingerprint density at radius 3 is 2.58 bits per heavy atom. The van der Waals surface area contributed by atoms with Crippen molar-refractivity contribution < 1.29 is 9.47 Å². The van der Waals surface area contributed by atoms with Gasteiger partial charge in [0.2, 0.25) is 0 Å². The van der Waals surface area contributed by atoms with Gasteiger partial charge in [-0.3, -0.25) is 9.88 Å². The van der Waals surface area contributed by atoms with Gasteiger partial charge in [0, 0.05) is 49.9 Å². The Balaban J connectivity index is 0.000000256. The van der Waals surface area contributed by atoms with Crippen LogP contribution in [-0.2, 0) is 17.8 Å². The van der Waals surface area contributed by atoms with E-state index >= 15 is 0 Å². The van der Waals surface area contributed by atoms with Crippen LogP contribution in [-0.4, -0.2) is 49.3 Å². The van der Waals surface area contributed by atoms with Crippen molar-refractivity contribution in [2.24, 2.45) is 5.92 Å². The fraction of sp³-hybridized carbons (Fsp3) is 0.654. The van der Waals surface area contributed by atoms with Crippen molar-refractivity contribution in [3.8, 4) is 5.75 Å². The highest BCUT2D eigenvalue weighted by Crippen LogP contribution is 2.33. The molecule has 1 aromatic heterocycles. The van der Waals surface area contributed by atoms with Crippen molar-refractivity contribution in [3.63, 3.8) is 0 Å². The highest BCUT2D eigenvalue weighted by atomic mass is 16.5. The third kappa shape index (κ3) is 6.90. The van der Waals surface area contributed by atoms with Crippen molar-refractivity contribution >= 4 is 10.9 Å². The highest BCUT2D eigenvalue weighted by molar-refractivity contribution is 5.89. The predicted octanol–water partition coefficient (Wildman–Crippen LogP) is 5.16. The van der Waals surface area contributed by atoms with Crippen molar-refractivity contribution in [1.82, 2.24) is 15.2 Å². The molecule has 0 spiro atoms. The number of ether oxygens (including phenoxy) is 2. The fourth-order valence-electron chi connectivity index (χ4n) is 4.53. The second-order valence-corrected chi connectivity index (χ2v) is 8.58. The first-order valence-electron chi connectivity index (χ1n) is 12.3. The molecule has 1 aromatic carbocycles. The highest BCUT2D eigenvalue weighted by Gasteiger charge is 2.19. The van der Waals surface area contributed by atoms with Gasteiger partial charge in [0.25, 0.3) is 0 Å². The van der Waals surface area contributed by atoms with Crippen LogP contribution in [0.4, 0.5) is 0 Å². The lowest BCUT2D eigenvalue weighted by Crippen LogP contribution is -2.35. The summed E-state index contributed by atoms with van der Waals surface area (Å²) in [7, 11) is 0. The summed E-state index contributed by atoms with van der Waals surface area (Å²) in [4.78, 5) is 7.04. The van der Waals surface area contributed by atoms with Crippen molar-refractivity contribution in [2.75, 3.05) is 39.5 Å². The first-order valence-corrected chi connectivity index (χ1v) is 12.3. The molecule has 2 fully saturated rings. The van der Waals surface area contributed by atoms with Crippen LogP contribution in [0, 0.1) is 5.92 Å². The molecule has 1 saturated carbocycles. The number of hydrogen-bond acceptors (Lipinski definition) is 5. The zero-order chi connectivity index (χ0) is 21.9. The minimum absolute atomic E-state index is 0.696. The SMILES string of the molecule is CC.CC1CCCCC1.c1cnc2c3c(cc(CN4CCOCC4)c2c1)CNCCO3. The maximum absolute atomic E-state index is 5.95. The van der Waals surface area contributed by atoms with Gasteiger partial charge < -0.3 is 14.8 Å². The molecule has 1 saturated heterocycles. The smallest absolute Gasteiger partial charge is 0.150 e. The summed E-state index contributed by atoms with van der Waals surface area (Å²) < 4.78 is 11.4. The van der Waals surface area contributed by atoms with E-state index in [4.69, 9.17) is 9.47 Å². The topological polar surface area (TPSA) is 46.6 Å². The Hall–Kier alpha value is -1.69. The number of nitrogens with one attached hydrogen (secondary N) is 1. The van der Waals surface area contributed by atoms with Gasteiger partial charge in [0.05, 0.1) is 13.2 Å². The maximum Gasteiger partial charge on any atom is 0.150 e. The lowest BCUT2D eigenvalue weighted by atomic mass is 9.91. The molecule has 5 nitrogen and oxygen atoms in total. The molecule has 5 rings (SSSR count). The van der Waals surface area contributed by atoms with E-state index in [0.29, 0.717) is 6.61 Å². The minimum Gasteiger partial charge on any atom is -0.490 e. The lowest BCUT2D eigenvalue weighted by Gasteiger charge is -2.27. The lowest BCUT2D eigenvalue weighted by molar-refractivity contribution is 0.0343. The minimum atomic E-state index is 0.696. The molecular formula is C26H41N3O2. The molecular weight excluding hydrogens is 386 g/mol. The Morgan fingerprint density at radius 1 is 1.10 bits per heavy atom. The zero-order valence-electron chi connectivity index (χ0n) is 19.8. The molecule has 1 aliphatic carbocycles. The second kappa shape index (κ2) is 13.0. The number of benzene rings is 1. The first kappa shape index (κ1) is 24.0. The molecule has 0 unspecified atom stereocenters. The van der Waals surface area contributed by atoms with Gasteiger partial charge in [0.1, 0.15) is 17.9 Å². The molecule has 0 amide bonds. The quantitative estimate of drug-likeness (QED) is 0.717. The van der Waals surface area contributed by atoms with E-state index in [2.05, 4.69) is 34.3 Å². The van der Waals surface area contributed by atoms with E-state index in [1.807, 2.05) is 26.1 Å². The third-order valence-electron chi connectivity index (χ3n) is 6.24. The van der Waals surface area contributed by atoms with Crippen LogP contribution in [0.1, 0.15) is 64.0 Å². The fourth-order valence-corrected chi connectivity index (χ4v) is 4.53. The van der Waals surface area contributed by atoms with Gasteiger partial charge in [0.15, 0.2) is 0 Å². The largest absolute Gasteiger partial charge is 0.490 e. The summed E-state index contributed by atoms with van der Waals surface area (Å²) in [6, 6.07) is 6.44. The maximum atomic E-state index is 5.95. The molecule has 0 radical (unpaired) electrons. The van der Waals surface area contributed by atoms with Gasteiger partial charge in [-0.05, 0) is 23.6 Å². The summed E-state index contributed by atoms with van der Waals surface area (Å²) in [5.74, 6) is 1.99. The van der Waals surface area contributed by atoms with Gasteiger partial charge in [-0.1, -0.05) is 58.9 Å². The summed E-state index contributed by atoms with van der Waals surface area (Å²) in [6.07, 6.45) is 9.29. The number of hydrogen-bond donors (Lipinski definition) is 1. The number of pyridine rings is 1. The van der Waals surface area contributed by atoms with Crippen molar-refractivity contribution in [3.05, 3.63) is 35.5 Å². The van der Waals surface area contributed by atoms with Crippen molar-refractivity contribution in [1.29, 1.82) is 0 Å². The number of rotatable bonds is 2. The van der Waals surface area contributed by atoms with Crippen LogP contribution in [0.25, 0.3) is 10.9 Å². The van der Waals surface area contributed by atoms with E-state index in [9.17, 15) is 0 Å². The van der Waals surface area contributed by atoms with Crippen LogP contribution in [0.5, 0.6) is 5.75 Å². The van der Waals surface area contributed by atoms with E-state index in [-0.39, 0.29) is 0 Å². The predicted molar refractivity (Wildman–Crippen MR) is 129 cm³/mol. The second-order valence-electron chi connectivity index (χ2n) is 8.58. The standard InChI is InChI=1S/C17H21N3O2.C7H14.C2H6/c1-2-15-14(12-20-5-8-21-9-6-20)10-13-11-18-4-7-22-17(13)16(15)19-3-1;1-7-5-3-2-4-6-7;1-2/h1-3,10,18H,4-9,11-12H2;7H,2-6H2,1H3;1-2H3. The van der Waals surface area contributed by atoms with E-state index in [1.54, 1.807) is 0 Å². The van der Waals surface area contributed by atoms with Crippen LogP contribution in [0.2, 0.25) is 0 Å². The molecule has 31 heavy (non-hydrogen) atoms. The van der Waals surface area contributed by atoms with E-state index < -0.39 is 0 Å². The Bertz CT molecular complexity index is 784. The van der Waals surface area contributed by atoms with E-state index in [0.717, 1.165) is 63.1 Å². The molecule has 0 bridgehead atoms. The number of nitrogens with zero attached hydrogens (tertiary/aromatic N) is 2. The summed E-state index contributed by atoms with van der Waals surface area (Å²) in [5.41, 5.74) is 3.54. The molecule has 3 heterocycles. The molecule has 5 heteroatoms. The Labute approximate surface area is 188 Å². The first-order chi connectivity index (χ1) is 15.3. The van der Waals surface area contributed by atoms with Gasteiger partial charge in [-0.15, -0.1) is 0 Å². The number of morpholine rings is 1. The Morgan fingerprint density at radius 2 is 1.87 bits per heavy atom. The van der Waals surface area contributed by atoms with Gasteiger partial charge in [-0.25, -0.2) is 0 Å². The monoisotopic (exact) mass is 427 g/mol. The van der Waals surface area contributed by atoms with Gasteiger partial charge in [-0.2, -0.15) is 0 Å². The van der Waals surface area contributed by atoms with E-state index in [1.165, 1.54) is 48.6 Å². The summed E-state index contributed by atoms with van der Waals surface area (Å²) >= 11 is 0. The van der Waals surface area contributed by atoms with Crippen LogP contribution in [0.15, 0.2) is 24.4 Å². The molecule has 1 N–H and O–H groups in total. The summed E-state index contributed by atoms with van der Waals surface area (Å²) in [5, 5.41) is 4.62. The number of fused-ring (bicyclic) bond motifs is 3. The molecule has 2 aromatic rings. The zero-order valence-corrected chi connectivity index (χ0v) is 19.8. The molecule has 2 aliphatic heterocycles. The average Bonchev–Trinajstić information content (AvgIpc) is 3.08. The Kier molecular flexibility index (Phi) is 10.0. The molecule has 172 valence electrons. The molecule has 3 aliphatic rings. The summed E-state index contributed by atoms with van der Waals surface area (Å²) in [6.45, 7) is 13.4. The van der Waals surface area contributed by atoms with Gasteiger partial charge >= 0.3 is 0 Å². The number of aromatic nitrogens is 1. The van der Waals surface area contributed by atoms with Crippen molar-refractivity contribution in [2.45, 2.75) is 66.0 Å². The molecule has 0 atom stereocenters. The van der Waals surface area contributed by atoms with Crippen LogP contribution in [0.3, 0.4) is 0 Å². The normalized spacial score (nSPS) is 19.7. The third-order valence-corrected chi connectivity index (χ3v) is 6.24. The van der Waals surface area contributed by atoms with Crippen LogP contribution < -0.4 is 10.1 Å². The average molecular weight is 428 g/mol. The van der Waals surface area contributed by atoms with Crippen LogP contribution >= 0.6 is 0 Å².